The zero-order valence-corrected chi connectivity index (χ0v) is 11.9. The molecule has 2 fully saturated rings. The van der Waals surface area contributed by atoms with Crippen LogP contribution in [0.25, 0.3) is 0 Å². The van der Waals surface area contributed by atoms with Gasteiger partial charge in [-0.3, -0.25) is 4.79 Å². The molecule has 102 valence electrons. The molecular formula is C16H21NO2. The topological polar surface area (TPSA) is 40.5 Å². The zero-order chi connectivity index (χ0) is 13.8. The number of hydrogen-bond acceptors (Lipinski definition) is 2. The molecule has 3 heteroatoms. The number of rotatable bonds is 2. The van der Waals surface area contributed by atoms with Crippen molar-refractivity contribution in [3.05, 3.63) is 34.4 Å². The standard InChI is InChI=1S/C16H21NO2/c1-10-6-11(2)14(12(3)7-10)15(18)17-8-16(19,9-17)13-4-5-13/h6-7,13,19H,4-5,8-9H2,1-3H3. The molecule has 1 N–H and O–H groups in total. The molecule has 1 saturated heterocycles. The summed E-state index contributed by atoms with van der Waals surface area (Å²) in [5.41, 5.74) is 3.46. The second-order valence-corrected chi connectivity index (χ2v) is 6.31. The summed E-state index contributed by atoms with van der Waals surface area (Å²) in [6.45, 7) is 7.02. The van der Waals surface area contributed by atoms with E-state index in [1.54, 1.807) is 4.90 Å². The Morgan fingerprint density at radius 3 is 2.21 bits per heavy atom. The third kappa shape index (κ3) is 2.06. The predicted octanol–water partition coefficient (Wildman–Crippen LogP) is 2.21. The summed E-state index contributed by atoms with van der Waals surface area (Å²) in [7, 11) is 0. The smallest absolute Gasteiger partial charge is 0.254 e. The van der Waals surface area contributed by atoms with Crippen LogP contribution in [0.3, 0.4) is 0 Å². The Bertz CT molecular complexity index is 517. The molecule has 0 bridgehead atoms. The van der Waals surface area contributed by atoms with Crippen LogP contribution in [0, 0.1) is 26.7 Å². The molecule has 2 aliphatic rings. The highest BCUT2D eigenvalue weighted by molar-refractivity contribution is 5.97. The van der Waals surface area contributed by atoms with Gasteiger partial charge in [0.15, 0.2) is 0 Å². The first-order chi connectivity index (χ1) is 8.90. The van der Waals surface area contributed by atoms with Crippen molar-refractivity contribution in [1.82, 2.24) is 4.90 Å². The summed E-state index contributed by atoms with van der Waals surface area (Å²) >= 11 is 0. The molecular weight excluding hydrogens is 238 g/mol. The van der Waals surface area contributed by atoms with Gasteiger partial charge in [0.05, 0.1) is 13.1 Å². The minimum atomic E-state index is -0.595. The Morgan fingerprint density at radius 2 is 1.74 bits per heavy atom. The molecule has 1 heterocycles. The lowest BCUT2D eigenvalue weighted by Crippen LogP contribution is -2.64. The van der Waals surface area contributed by atoms with Gasteiger partial charge in [-0.05, 0) is 50.7 Å². The van der Waals surface area contributed by atoms with Gasteiger partial charge >= 0.3 is 0 Å². The Hall–Kier alpha value is -1.35. The van der Waals surface area contributed by atoms with Crippen LogP contribution >= 0.6 is 0 Å². The van der Waals surface area contributed by atoms with Gasteiger partial charge in [0.25, 0.3) is 5.91 Å². The van der Waals surface area contributed by atoms with Crippen molar-refractivity contribution in [3.8, 4) is 0 Å². The van der Waals surface area contributed by atoms with Gasteiger partial charge in [-0.2, -0.15) is 0 Å². The largest absolute Gasteiger partial charge is 0.386 e. The van der Waals surface area contributed by atoms with Crippen LogP contribution < -0.4 is 0 Å². The summed E-state index contributed by atoms with van der Waals surface area (Å²) in [6.07, 6.45) is 2.22. The summed E-state index contributed by atoms with van der Waals surface area (Å²) < 4.78 is 0. The summed E-state index contributed by atoms with van der Waals surface area (Å²) in [5, 5.41) is 10.3. The fourth-order valence-electron chi connectivity index (χ4n) is 3.31. The Kier molecular flexibility index (Phi) is 2.72. The number of likely N-dealkylation sites (tertiary alicyclic amines) is 1. The van der Waals surface area contributed by atoms with Gasteiger partial charge < -0.3 is 10.0 Å². The highest BCUT2D eigenvalue weighted by atomic mass is 16.3. The van der Waals surface area contributed by atoms with Crippen LogP contribution in [-0.4, -0.2) is 34.6 Å². The van der Waals surface area contributed by atoms with Gasteiger partial charge in [-0.25, -0.2) is 0 Å². The third-order valence-corrected chi connectivity index (χ3v) is 4.44. The first-order valence-corrected chi connectivity index (χ1v) is 7.00. The fourth-order valence-corrected chi connectivity index (χ4v) is 3.31. The third-order valence-electron chi connectivity index (χ3n) is 4.44. The van der Waals surface area contributed by atoms with Crippen LogP contribution in [-0.2, 0) is 0 Å². The Labute approximate surface area is 114 Å². The van der Waals surface area contributed by atoms with Crippen LogP contribution in [0.5, 0.6) is 0 Å². The molecule has 1 aromatic rings. The van der Waals surface area contributed by atoms with Crippen molar-refractivity contribution in [1.29, 1.82) is 0 Å². The van der Waals surface area contributed by atoms with E-state index in [2.05, 4.69) is 0 Å². The second kappa shape index (κ2) is 4.07. The van der Waals surface area contributed by atoms with Gasteiger partial charge in [0.1, 0.15) is 5.60 Å². The Morgan fingerprint density at radius 1 is 1.21 bits per heavy atom. The normalized spacial score (nSPS) is 21.2. The lowest BCUT2D eigenvalue weighted by Gasteiger charge is -2.47. The van der Waals surface area contributed by atoms with E-state index in [4.69, 9.17) is 0 Å². The van der Waals surface area contributed by atoms with E-state index < -0.39 is 5.60 Å². The first kappa shape index (κ1) is 12.7. The molecule has 1 aromatic carbocycles. The maximum Gasteiger partial charge on any atom is 0.254 e. The first-order valence-electron chi connectivity index (χ1n) is 7.00. The molecule has 1 amide bonds. The van der Waals surface area contributed by atoms with E-state index in [1.165, 1.54) is 5.56 Å². The predicted molar refractivity (Wildman–Crippen MR) is 74.2 cm³/mol. The van der Waals surface area contributed by atoms with Crippen LogP contribution in [0.2, 0.25) is 0 Å². The molecule has 1 aliphatic heterocycles. The highest BCUT2D eigenvalue weighted by Gasteiger charge is 2.53. The number of amides is 1. The lowest BCUT2D eigenvalue weighted by molar-refractivity contribution is -0.0958. The fraction of sp³-hybridized carbons (Fsp3) is 0.562. The van der Waals surface area contributed by atoms with Crippen LogP contribution in [0.1, 0.15) is 39.9 Å². The maximum atomic E-state index is 12.5. The SMILES string of the molecule is Cc1cc(C)c(C(=O)N2CC(O)(C3CC3)C2)c(C)c1. The summed E-state index contributed by atoms with van der Waals surface area (Å²) in [5.74, 6) is 0.497. The number of carbonyl (C=O) groups excluding carboxylic acids is 1. The van der Waals surface area contributed by atoms with E-state index in [9.17, 15) is 9.90 Å². The number of carbonyl (C=O) groups is 1. The van der Waals surface area contributed by atoms with Crippen LogP contribution in [0.15, 0.2) is 12.1 Å². The monoisotopic (exact) mass is 259 g/mol. The van der Waals surface area contributed by atoms with E-state index in [0.717, 1.165) is 29.5 Å². The highest BCUT2D eigenvalue weighted by Crippen LogP contribution is 2.44. The molecule has 0 unspecified atom stereocenters. The summed E-state index contributed by atoms with van der Waals surface area (Å²) in [4.78, 5) is 14.3. The van der Waals surface area contributed by atoms with Crippen molar-refractivity contribution in [2.75, 3.05) is 13.1 Å². The lowest BCUT2D eigenvalue weighted by atomic mass is 9.87. The molecule has 19 heavy (non-hydrogen) atoms. The molecule has 0 spiro atoms. The van der Waals surface area contributed by atoms with E-state index in [0.29, 0.717) is 19.0 Å². The molecule has 1 saturated carbocycles. The number of benzene rings is 1. The molecule has 0 atom stereocenters. The van der Waals surface area contributed by atoms with Gasteiger partial charge in [-0.15, -0.1) is 0 Å². The van der Waals surface area contributed by atoms with Crippen molar-refractivity contribution < 1.29 is 9.90 Å². The van der Waals surface area contributed by atoms with Gasteiger partial charge in [-0.1, -0.05) is 17.7 Å². The van der Waals surface area contributed by atoms with E-state index in [1.807, 2.05) is 32.9 Å². The average molecular weight is 259 g/mol. The minimum absolute atomic E-state index is 0.0697. The Balaban J connectivity index is 1.79. The number of hydrogen-bond donors (Lipinski definition) is 1. The average Bonchev–Trinajstić information content (AvgIpc) is 3.06. The maximum absolute atomic E-state index is 12.5. The van der Waals surface area contributed by atoms with Crippen molar-refractivity contribution >= 4 is 5.91 Å². The second-order valence-electron chi connectivity index (χ2n) is 6.31. The van der Waals surface area contributed by atoms with Gasteiger partial charge in [0.2, 0.25) is 0 Å². The molecule has 1 aliphatic carbocycles. The molecule has 3 rings (SSSR count). The van der Waals surface area contributed by atoms with Crippen molar-refractivity contribution in [2.45, 2.75) is 39.2 Å². The van der Waals surface area contributed by atoms with E-state index in [-0.39, 0.29) is 5.91 Å². The quantitative estimate of drug-likeness (QED) is 0.884. The van der Waals surface area contributed by atoms with Crippen molar-refractivity contribution in [2.24, 2.45) is 5.92 Å². The molecule has 3 nitrogen and oxygen atoms in total. The minimum Gasteiger partial charge on any atom is -0.386 e. The number of nitrogens with zero attached hydrogens (tertiary/aromatic N) is 1. The number of aliphatic hydroxyl groups is 1. The molecule has 0 radical (unpaired) electrons. The van der Waals surface area contributed by atoms with Crippen molar-refractivity contribution in [3.63, 3.8) is 0 Å². The number of aryl methyl sites for hydroxylation is 3. The van der Waals surface area contributed by atoms with E-state index >= 15 is 0 Å². The zero-order valence-electron chi connectivity index (χ0n) is 11.9. The summed E-state index contributed by atoms with van der Waals surface area (Å²) in [6, 6.07) is 4.10. The molecule has 0 aromatic heterocycles. The number of β-amino-alcohol motifs (C(OH)–C–C–N with tert-alkyl or cyclic N) is 1. The van der Waals surface area contributed by atoms with Gasteiger partial charge in [0, 0.05) is 5.56 Å². The van der Waals surface area contributed by atoms with Crippen LogP contribution in [0.4, 0.5) is 0 Å².